The summed E-state index contributed by atoms with van der Waals surface area (Å²) in [4.78, 5) is 0. The first kappa shape index (κ1) is 12.4. The van der Waals surface area contributed by atoms with Crippen LogP contribution < -0.4 is 5.73 Å². The Morgan fingerprint density at radius 3 is 2.31 bits per heavy atom. The molecule has 2 nitrogen and oxygen atoms in total. The number of nitrogens with two attached hydrogens (primary N) is 1. The average molecular weight is 225 g/mol. The van der Waals surface area contributed by atoms with E-state index >= 15 is 0 Å². The van der Waals surface area contributed by atoms with Crippen LogP contribution in [0.25, 0.3) is 0 Å². The minimum absolute atomic E-state index is 0.106. The fourth-order valence-corrected chi connectivity index (χ4v) is 3.50. The summed E-state index contributed by atoms with van der Waals surface area (Å²) in [7, 11) is 0. The van der Waals surface area contributed by atoms with E-state index in [1.165, 1.54) is 51.4 Å². The molecule has 1 atom stereocenters. The lowest BCUT2D eigenvalue weighted by Gasteiger charge is -2.38. The van der Waals surface area contributed by atoms with Crippen LogP contribution in [0.4, 0.5) is 0 Å². The predicted octanol–water partition coefficient (Wildman–Crippen LogP) is 3.24. The molecule has 1 heterocycles. The molecule has 1 aliphatic carbocycles. The monoisotopic (exact) mass is 225 g/mol. The van der Waals surface area contributed by atoms with E-state index in [4.69, 9.17) is 10.5 Å². The Kier molecular flexibility index (Phi) is 3.60. The van der Waals surface area contributed by atoms with Crippen molar-refractivity contribution in [2.24, 2.45) is 11.1 Å². The minimum atomic E-state index is 0.106. The first-order chi connectivity index (χ1) is 7.55. The van der Waals surface area contributed by atoms with Gasteiger partial charge in [0.2, 0.25) is 0 Å². The van der Waals surface area contributed by atoms with Crippen LogP contribution in [0.15, 0.2) is 0 Å². The van der Waals surface area contributed by atoms with Gasteiger partial charge in [-0.25, -0.2) is 0 Å². The second kappa shape index (κ2) is 4.66. The van der Waals surface area contributed by atoms with Crippen LogP contribution >= 0.6 is 0 Å². The first-order valence-electron chi connectivity index (χ1n) is 6.93. The number of hydrogen-bond donors (Lipinski definition) is 1. The summed E-state index contributed by atoms with van der Waals surface area (Å²) in [6, 6.07) is 0. The fourth-order valence-electron chi connectivity index (χ4n) is 3.50. The van der Waals surface area contributed by atoms with Crippen LogP contribution in [0.1, 0.15) is 65.2 Å². The number of hydrogen-bond acceptors (Lipinski definition) is 2. The van der Waals surface area contributed by atoms with Gasteiger partial charge >= 0.3 is 0 Å². The van der Waals surface area contributed by atoms with Gasteiger partial charge in [-0.3, -0.25) is 0 Å². The molecule has 2 rings (SSSR count). The second-order valence-electron chi connectivity index (χ2n) is 6.51. The molecule has 1 saturated carbocycles. The fraction of sp³-hybridized carbons (Fsp3) is 1.00. The average Bonchev–Trinajstić information content (AvgIpc) is 2.59. The molecule has 0 aromatic carbocycles. The van der Waals surface area contributed by atoms with E-state index in [9.17, 15) is 0 Å². The van der Waals surface area contributed by atoms with E-state index in [0.29, 0.717) is 11.5 Å². The Balaban J connectivity index is 1.91. The molecular formula is C14H27NO. The van der Waals surface area contributed by atoms with Crippen LogP contribution in [-0.2, 0) is 4.74 Å². The first-order valence-corrected chi connectivity index (χ1v) is 6.93. The number of rotatable bonds is 3. The number of ether oxygens (including phenoxy) is 1. The van der Waals surface area contributed by atoms with E-state index < -0.39 is 0 Å². The molecule has 0 aromatic rings. The van der Waals surface area contributed by atoms with Crippen LogP contribution in [0.3, 0.4) is 0 Å². The molecule has 1 saturated heterocycles. The molecule has 2 aliphatic rings. The van der Waals surface area contributed by atoms with Gasteiger partial charge < -0.3 is 10.5 Å². The van der Waals surface area contributed by atoms with Gasteiger partial charge in [0, 0.05) is 0 Å². The van der Waals surface area contributed by atoms with Crippen LogP contribution in [-0.4, -0.2) is 18.2 Å². The molecule has 0 spiro atoms. The third kappa shape index (κ3) is 2.78. The van der Waals surface area contributed by atoms with Gasteiger partial charge in [0.05, 0.1) is 11.7 Å². The predicted molar refractivity (Wildman–Crippen MR) is 67.4 cm³/mol. The highest BCUT2D eigenvalue weighted by molar-refractivity contribution is 4.90. The minimum Gasteiger partial charge on any atom is -0.372 e. The molecule has 0 aromatic heterocycles. The Hall–Kier alpha value is -0.0800. The second-order valence-corrected chi connectivity index (χ2v) is 6.51. The van der Waals surface area contributed by atoms with Gasteiger partial charge in [-0.2, -0.15) is 0 Å². The summed E-state index contributed by atoms with van der Waals surface area (Å²) in [5.74, 6) is 0. The molecular weight excluding hydrogens is 198 g/mol. The molecule has 0 radical (unpaired) electrons. The molecule has 1 unspecified atom stereocenters. The van der Waals surface area contributed by atoms with Crippen molar-refractivity contribution in [1.82, 2.24) is 0 Å². The lowest BCUT2D eigenvalue weighted by atomic mass is 9.70. The van der Waals surface area contributed by atoms with E-state index in [1.807, 2.05) is 0 Å². The summed E-state index contributed by atoms with van der Waals surface area (Å²) < 4.78 is 6.12. The highest BCUT2D eigenvalue weighted by Gasteiger charge is 2.38. The van der Waals surface area contributed by atoms with Gasteiger partial charge in [-0.15, -0.1) is 0 Å². The molecule has 94 valence electrons. The van der Waals surface area contributed by atoms with Gasteiger partial charge in [0.15, 0.2) is 0 Å². The standard InChI is InChI=1S/C14H27NO/c1-13(2)9-6-12(16-13)10-14(11-15)7-4-3-5-8-14/h12H,3-11,15H2,1-2H3. The van der Waals surface area contributed by atoms with E-state index in [1.54, 1.807) is 0 Å². The van der Waals surface area contributed by atoms with Crippen molar-refractivity contribution in [1.29, 1.82) is 0 Å². The Bertz CT molecular complexity index is 231. The van der Waals surface area contributed by atoms with Crippen LogP contribution in [0, 0.1) is 5.41 Å². The lowest BCUT2D eigenvalue weighted by Crippen LogP contribution is -2.36. The maximum absolute atomic E-state index is 6.12. The molecule has 2 heteroatoms. The zero-order valence-corrected chi connectivity index (χ0v) is 10.9. The normalized spacial score (nSPS) is 32.8. The van der Waals surface area contributed by atoms with E-state index in [-0.39, 0.29) is 5.60 Å². The zero-order chi connectivity index (χ0) is 11.6. The lowest BCUT2D eigenvalue weighted by molar-refractivity contribution is -0.0396. The largest absolute Gasteiger partial charge is 0.372 e. The topological polar surface area (TPSA) is 35.2 Å². The SMILES string of the molecule is CC1(C)CCC(CC2(CN)CCCCC2)O1. The molecule has 0 amide bonds. The van der Waals surface area contributed by atoms with Crippen molar-refractivity contribution in [3.8, 4) is 0 Å². The van der Waals surface area contributed by atoms with Crippen LogP contribution in [0.5, 0.6) is 0 Å². The van der Waals surface area contributed by atoms with Crippen molar-refractivity contribution in [3.63, 3.8) is 0 Å². The summed E-state index contributed by atoms with van der Waals surface area (Å²) in [5.41, 5.74) is 6.54. The quantitative estimate of drug-likeness (QED) is 0.800. The Morgan fingerprint density at radius 1 is 1.12 bits per heavy atom. The van der Waals surface area contributed by atoms with Crippen molar-refractivity contribution in [2.45, 2.75) is 76.9 Å². The summed E-state index contributed by atoms with van der Waals surface area (Å²) in [5, 5.41) is 0. The van der Waals surface area contributed by atoms with Gasteiger partial charge in [-0.1, -0.05) is 19.3 Å². The van der Waals surface area contributed by atoms with E-state index in [2.05, 4.69) is 13.8 Å². The third-order valence-corrected chi connectivity index (χ3v) is 4.56. The van der Waals surface area contributed by atoms with Crippen molar-refractivity contribution >= 4 is 0 Å². The third-order valence-electron chi connectivity index (χ3n) is 4.56. The molecule has 0 bridgehead atoms. The zero-order valence-electron chi connectivity index (χ0n) is 10.9. The summed E-state index contributed by atoms with van der Waals surface area (Å²) >= 11 is 0. The molecule has 1 aliphatic heterocycles. The smallest absolute Gasteiger partial charge is 0.0631 e. The molecule has 2 N–H and O–H groups in total. The highest BCUT2D eigenvalue weighted by atomic mass is 16.5. The van der Waals surface area contributed by atoms with Crippen molar-refractivity contribution in [3.05, 3.63) is 0 Å². The maximum atomic E-state index is 6.12. The Morgan fingerprint density at radius 2 is 1.81 bits per heavy atom. The molecule has 16 heavy (non-hydrogen) atoms. The maximum Gasteiger partial charge on any atom is 0.0631 e. The summed E-state index contributed by atoms with van der Waals surface area (Å²) in [6.07, 6.45) is 10.9. The van der Waals surface area contributed by atoms with Gasteiger partial charge in [0.25, 0.3) is 0 Å². The van der Waals surface area contributed by atoms with Crippen LogP contribution in [0.2, 0.25) is 0 Å². The van der Waals surface area contributed by atoms with Crippen molar-refractivity contribution < 1.29 is 4.74 Å². The van der Waals surface area contributed by atoms with Crippen molar-refractivity contribution in [2.75, 3.05) is 6.54 Å². The van der Waals surface area contributed by atoms with Gasteiger partial charge in [0.1, 0.15) is 0 Å². The highest BCUT2D eigenvalue weighted by Crippen LogP contribution is 2.43. The molecule has 2 fully saturated rings. The van der Waals surface area contributed by atoms with Gasteiger partial charge in [-0.05, 0) is 57.9 Å². The van der Waals surface area contributed by atoms with E-state index in [0.717, 1.165) is 6.54 Å². The Labute approximate surface area is 99.9 Å². The summed E-state index contributed by atoms with van der Waals surface area (Å²) in [6.45, 7) is 5.28.